The van der Waals surface area contributed by atoms with Gasteiger partial charge in [0.05, 0.1) is 22.0 Å². The molecule has 136 valence electrons. The second-order valence-electron chi connectivity index (χ2n) is 5.64. The smallest absolute Gasteiger partial charge is 0.387 e. The van der Waals surface area contributed by atoms with Crippen LogP contribution < -0.4 is 5.32 Å². The van der Waals surface area contributed by atoms with Gasteiger partial charge in [-0.25, -0.2) is 9.50 Å². The maximum Gasteiger partial charge on any atom is 0.418 e. The molecule has 0 aliphatic heterocycles. The molecule has 1 N–H and O–H groups in total. The van der Waals surface area contributed by atoms with E-state index in [0.29, 0.717) is 23.4 Å². The number of fused-ring (bicyclic) bond motifs is 1. The second kappa shape index (κ2) is 6.60. The highest BCUT2D eigenvalue weighted by Crippen LogP contribution is 2.40. The van der Waals surface area contributed by atoms with Crippen LogP contribution in [0.2, 0.25) is 5.02 Å². The minimum atomic E-state index is -4.59. The predicted molar refractivity (Wildman–Crippen MR) is 92.5 cm³/mol. The van der Waals surface area contributed by atoms with E-state index in [9.17, 15) is 18.0 Å². The molecule has 3 rings (SSSR count). The van der Waals surface area contributed by atoms with E-state index in [-0.39, 0.29) is 28.3 Å². The van der Waals surface area contributed by atoms with E-state index < -0.39 is 11.7 Å². The van der Waals surface area contributed by atoms with E-state index in [1.807, 2.05) is 0 Å². The number of hydrogen-bond acceptors (Lipinski definition) is 4. The number of carbonyl (C=O) groups is 1. The summed E-state index contributed by atoms with van der Waals surface area (Å²) in [5.74, 6) is 0.344. The molecule has 2 aromatic heterocycles. The third-order valence-corrected chi connectivity index (χ3v) is 4.21. The molecule has 5 nitrogen and oxygen atoms in total. The van der Waals surface area contributed by atoms with Gasteiger partial charge in [0.25, 0.3) is 0 Å². The normalized spacial score (nSPS) is 11.8. The zero-order valence-electron chi connectivity index (χ0n) is 13.9. The van der Waals surface area contributed by atoms with Crippen LogP contribution in [0.5, 0.6) is 0 Å². The lowest BCUT2D eigenvalue weighted by Crippen LogP contribution is -2.11. The van der Waals surface area contributed by atoms with Crippen molar-refractivity contribution in [1.82, 2.24) is 14.6 Å². The lowest BCUT2D eigenvalue weighted by molar-refractivity contribution is -0.137. The van der Waals surface area contributed by atoms with Crippen molar-refractivity contribution in [1.29, 1.82) is 0 Å². The van der Waals surface area contributed by atoms with Crippen molar-refractivity contribution in [3.8, 4) is 11.3 Å². The second-order valence-corrected chi connectivity index (χ2v) is 6.04. The summed E-state index contributed by atoms with van der Waals surface area (Å²) in [4.78, 5) is 15.1. The Bertz CT molecular complexity index is 998. The quantitative estimate of drug-likeness (QED) is 0.688. The number of aryl methyl sites for hydroxylation is 1. The molecular weight excluding hydrogens is 369 g/mol. The number of benzene rings is 1. The Morgan fingerprint density at radius 1 is 1.31 bits per heavy atom. The summed E-state index contributed by atoms with van der Waals surface area (Å²) in [7, 11) is 1.62. The first kappa shape index (κ1) is 18.2. The van der Waals surface area contributed by atoms with Gasteiger partial charge in [0.1, 0.15) is 12.1 Å². The molecule has 0 unspecified atom stereocenters. The van der Waals surface area contributed by atoms with E-state index >= 15 is 0 Å². The van der Waals surface area contributed by atoms with E-state index in [4.69, 9.17) is 11.6 Å². The van der Waals surface area contributed by atoms with Crippen molar-refractivity contribution >= 4 is 29.2 Å². The molecule has 1 aromatic carbocycles. The van der Waals surface area contributed by atoms with Crippen LogP contribution in [-0.4, -0.2) is 27.9 Å². The summed E-state index contributed by atoms with van der Waals surface area (Å²) >= 11 is 6.24. The summed E-state index contributed by atoms with van der Waals surface area (Å²) in [6.45, 7) is 1.60. The number of pyridine rings is 1. The van der Waals surface area contributed by atoms with Gasteiger partial charge in [-0.05, 0) is 36.8 Å². The van der Waals surface area contributed by atoms with Crippen LogP contribution in [0.1, 0.15) is 17.0 Å². The Hall–Kier alpha value is -2.61. The van der Waals surface area contributed by atoms with Crippen molar-refractivity contribution < 1.29 is 18.0 Å². The van der Waals surface area contributed by atoms with Crippen LogP contribution in [0.25, 0.3) is 16.9 Å². The first-order chi connectivity index (χ1) is 12.3. The third kappa shape index (κ3) is 3.12. The highest BCUT2D eigenvalue weighted by Gasteiger charge is 2.35. The molecular formula is C17H14ClF3N4O. The Balaban J connectivity index is 2.38. The van der Waals surface area contributed by atoms with Crippen LogP contribution in [0.15, 0.2) is 24.3 Å². The van der Waals surface area contributed by atoms with Crippen LogP contribution in [-0.2, 0) is 17.4 Å². The number of aldehydes is 1. The number of anilines is 1. The van der Waals surface area contributed by atoms with Gasteiger partial charge in [-0.2, -0.15) is 18.3 Å². The van der Waals surface area contributed by atoms with Crippen LogP contribution >= 0.6 is 11.6 Å². The monoisotopic (exact) mass is 382 g/mol. The molecule has 26 heavy (non-hydrogen) atoms. The third-order valence-electron chi connectivity index (χ3n) is 3.91. The summed E-state index contributed by atoms with van der Waals surface area (Å²) in [6, 6.07) is 5.16. The standard InChI is InChI=1S/C17H14ClF3N4O/c1-9-23-14-4-3-12(17(19,20)21)16(25(14)24-9)11-7-10(5-6-26)15(22-2)13(18)8-11/h3-4,6-8,22H,5H2,1-2H3. The number of nitrogens with zero attached hydrogens (tertiary/aromatic N) is 3. The van der Waals surface area contributed by atoms with E-state index in [2.05, 4.69) is 15.4 Å². The van der Waals surface area contributed by atoms with Gasteiger partial charge < -0.3 is 10.1 Å². The summed E-state index contributed by atoms with van der Waals surface area (Å²) in [5.41, 5.74) is 0.447. The van der Waals surface area contributed by atoms with Crippen LogP contribution in [0.4, 0.5) is 18.9 Å². The fourth-order valence-corrected chi connectivity index (χ4v) is 3.23. The molecule has 0 bridgehead atoms. The van der Waals surface area contributed by atoms with Gasteiger partial charge >= 0.3 is 6.18 Å². The maximum atomic E-state index is 13.6. The average Bonchev–Trinajstić information content (AvgIpc) is 2.93. The number of carbonyl (C=O) groups excluding carboxylic acids is 1. The van der Waals surface area contributed by atoms with Crippen molar-refractivity contribution in [2.75, 3.05) is 12.4 Å². The van der Waals surface area contributed by atoms with E-state index in [1.54, 1.807) is 14.0 Å². The van der Waals surface area contributed by atoms with Gasteiger partial charge in [0, 0.05) is 19.0 Å². The molecule has 0 atom stereocenters. The topological polar surface area (TPSA) is 59.3 Å². The molecule has 0 aliphatic carbocycles. The Morgan fingerprint density at radius 2 is 2.04 bits per heavy atom. The SMILES string of the molecule is CNc1c(Cl)cc(-c2c(C(F)(F)F)ccc3nc(C)nn23)cc1CC=O. The maximum absolute atomic E-state index is 13.6. The zero-order chi connectivity index (χ0) is 19.1. The fraction of sp³-hybridized carbons (Fsp3) is 0.235. The first-order valence-electron chi connectivity index (χ1n) is 7.64. The van der Waals surface area contributed by atoms with Crippen molar-refractivity contribution in [3.63, 3.8) is 0 Å². The predicted octanol–water partition coefficient (Wildman–Crippen LogP) is 4.16. The number of aromatic nitrogens is 3. The molecule has 0 fully saturated rings. The van der Waals surface area contributed by atoms with Crippen LogP contribution in [0.3, 0.4) is 0 Å². The lowest BCUT2D eigenvalue weighted by atomic mass is 10.00. The molecule has 2 heterocycles. The lowest BCUT2D eigenvalue weighted by Gasteiger charge is -2.17. The Kier molecular flexibility index (Phi) is 4.62. The Morgan fingerprint density at radius 3 is 2.65 bits per heavy atom. The molecule has 0 saturated heterocycles. The molecule has 0 spiro atoms. The minimum absolute atomic E-state index is 0.0114. The van der Waals surface area contributed by atoms with Crippen molar-refractivity contribution in [2.45, 2.75) is 19.5 Å². The van der Waals surface area contributed by atoms with E-state index in [0.717, 1.165) is 10.6 Å². The van der Waals surface area contributed by atoms with Crippen LogP contribution in [0, 0.1) is 6.92 Å². The summed E-state index contributed by atoms with van der Waals surface area (Å²) < 4.78 is 41.9. The molecule has 0 radical (unpaired) electrons. The number of alkyl halides is 3. The van der Waals surface area contributed by atoms with Crippen molar-refractivity contribution in [3.05, 3.63) is 46.2 Å². The summed E-state index contributed by atoms with van der Waals surface area (Å²) in [5, 5.41) is 7.17. The summed E-state index contributed by atoms with van der Waals surface area (Å²) in [6.07, 6.45) is -3.92. The van der Waals surface area contributed by atoms with Gasteiger partial charge in [-0.3, -0.25) is 0 Å². The zero-order valence-corrected chi connectivity index (χ0v) is 14.6. The highest BCUT2D eigenvalue weighted by atomic mass is 35.5. The number of halogens is 4. The molecule has 0 aliphatic rings. The molecule has 0 saturated carbocycles. The molecule has 0 amide bonds. The largest absolute Gasteiger partial charge is 0.418 e. The highest BCUT2D eigenvalue weighted by molar-refractivity contribution is 6.33. The Labute approximate surface area is 151 Å². The van der Waals surface area contributed by atoms with Crippen molar-refractivity contribution in [2.24, 2.45) is 0 Å². The van der Waals surface area contributed by atoms with Gasteiger partial charge in [0.2, 0.25) is 0 Å². The van der Waals surface area contributed by atoms with Gasteiger partial charge in [0.15, 0.2) is 5.65 Å². The minimum Gasteiger partial charge on any atom is -0.387 e. The molecule has 9 heteroatoms. The van der Waals surface area contributed by atoms with E-state index in [1.165, 1.54) is 18.2 Å². The first-order valence-corrected chi connectivity index (χ1v) is 8.01. The number of rotatable bonds is 4. The van der Waals surface area contributed by atoms with Gasteiger partial charge in [-0.15, -0.1) is 0 Å². The number of hydrogen-bond donors (Lipinski definition) is 1. The number of nitrogens with one attached hydrogen (secondary N) is 1. The van der Waals surface area contributed by atoms with Gasteiger partial charge in [-0.1, -0.05) is 11.6 Å². The molecule has 3 aromatic rings. The fourth-order valence-electron chi connectivity index (χ4n) is 2.89. The average molecular weight is 383 g/mol.